The zero-order chi connectivity index (χ0) is 27.3. The molecular weight excluding hydrogens is 475 g/mol. The Hall–Kier alpha value is -3.16. The van der Waals surface area contributed by atoms with Crippen molar-refractivity contribution in [3.8, 4) is 0 Å². The van der Waals surface area contributed by atoms with Crippen LogP contribution in [0.3, 0.4) is 0 Å². The van der Waals surface area contributed by atoms with Crippen molar-refractivity contribution in [2.24, 2.45) is 0 Å². The summed E-state index contributed by atoms with van der Waals surface area (Å²) in [6, 6.07) is 8.65. The lowest BCUT2D eigenvalue weighted by Crippen LogP contribution is -2.46. The first-order chi connectivity index (χ1) is 17.4. The highest BCUT2D eigenvalue weighted by Gasteiger charge is 2.39. The fraction of sp³-hybridized carbons (Fsp3) is 0.552. The number of benzene rings is 1. The molecule has 0 spiro atoms. The lowest BCUT2D eigenvalue weighted by atomic mass is 9.98. The van der Waals surface area contributed by atoms with Crippen LogP contribution in [0.4, 0.5) is 14.0 Å². The number of imide groups is 1. The summed E-state index contributed by atoms with van der Waals surface area (Å²) in [5, 5.41) is 0. The van der Waals surface area contributed by atoms with E-state index in [0.29, 0.717) is 43.4 Å². The van der Waals surface area contributed by atoms with Gasteiger partial charge in [-0.05, 0) is 88.1 Å². The molecule has 1 fully saturated rings. The summed E-state index contributed by atoms with van der Waals surface area (Å²) in [6.45, 7) is 9.29. The number of H-pyrrole nitrogens is 1. The summed E-state index contributed by atoms with van der Waals surface area (Å²) < 4.78 is 24.6. The molecule has 1 aromatic heterocycles. The quantitative estimate of drug-likeness (QED) is 0.379. The molecule has 1 aliphatic rings. The summed E-state index contributed by atoms with van der Waals surface area (Å²) in [6.07, 6.45) is 1.83. The van der Waals surface area contributed by atoms with Crippen molar-refractivity contribution in [1.29, 1.82) is 0 Å². The number of carbonyl (C=O) groups is 3. The molecule has 0 radical (unpaired) electrons. The number of halogens is 1. The number of aromatic nitrogens is 1. The van der Waals surface area contributed by atoms with Gasteiger partial charge in [-0.25, -0.2) is 18.9 Å². The third-order valence-electron chi connectivity index (χ3n) is 6.77. The van der Waals surface area contributed by atoms with E-state index in [4.69, 9.17) is 9.47 Å². The van der Waals surface area contributed by atoms with E-state index in [9.17, 15) is 18.8 Å². The van der Waals surface area contributed by atoms with Gasteiger partial charge in [-0.1, -0.05) is 26.0 Å². The predicted octanol–water partition coefficient (Wildman–Crippen LogP) is 7.12. The van der Waals surface area contributed by atoms with Crippen molar-refractivity contribution in [2.75, 3.05) is 7.11 Å². The molecule has 2 amide bonds. The van der Waals surface area contributed by atoms with Crippen LogP contribution in [-0.4, -0.2) is 46.6 Å². The van der Waals surface area contributed by atoms with E-state index in [2.05, 4.69) is 4.98 Å². The Kier molecular flexibility index (Phi) is 9.16. The minimum Gasteiger partial charge on any atom is -0.452 e. The molecule has 0 bridgehead atoms. The Labute approximate surface area is 218 Å². The van der Waals surface area contributed by atoms with E-state index in [1.807, 2.05) is 32.0 Å². The third-order valence-corrected chi connectivity index (χ3v) is 6.77. The lowest BCUT2D eigenvalue weighted by Gasteiger charge is -2.29. The van der Waals surface area contributed by atoms with Crippen LogP contribution in [0.1, 0.15) is 106 Å². The van der Waals surface area contributed by atoms with E-state index >= 15 is 0 Å². The van der Waals surface area contributed by atoms with E-state index in [-0.39, 0.29) is 29.5 Å². The van der Waals surface area contributed by atoms with Crippen LogP contribution >= 0.6 is 0 Å². The smallest absolute Gasteiger partial charge is 0.420 e. The Morgan fingerprint density at radius 2 is 1.84 bits per heavy atom. The number of aromatic amines is 1. The largest absolute Gasteiger partial charge is 0.452 e. The summed E-state index contributed by atoms with van der Waals surface area (Å²) in [4.78, 5) is 42.1. The van der Waals surface area contributed by atoms with Crippen molar-refractivity contribution in [3.63, 3.8) is 0 Å². The lowest BCUT2D eigenvalue weighted by molar-refractivity contribution is 0.0167. The van der Waals surface area contributed by atoms with Gasteiger partial charge in [0.2, 0.25) is 0 Å². The molecule has 7 nitrogen and oxygen atoms in total. The van der Waals surface area contributed by atoms with Gasteiger partial charge in [0.25, 0.3) is 0 Å². The first kappa shape index (κ1) is 28.4. The van der Waals surface area contributed by atoms with Gasteiger partial charge < -0.3 is 14.5 Å². The molecule has 37 heavy (non-hydrogen) atoms. The number of hydrogen-bond donors (Lipinski definition) is 1. The van der Waals surface area contributed by atoms with Gasteiger partial charge in [0.05, 0.1) is 12.8 Å². The van der Waals surface area contributed by atoms with Crippen LogP contribution in [-0.2, 0) is 15.9 Å². The van der Waals surface area contributed by atoms with Gasteiger partial charge in [-0.3, -0.25) is 4.79 Å². The maximum Gasteiger partial charge on any atom is 0.420 e. The maximum absolute atomic E-state index is 14.4. The van der Waals surface area contributed by atoms with Crippen LogP contribution in [0.5, 0.6) is 0 Å². The number of aryl methyl sites for hydroxylation is 1. The van der Waals surface area contributed by atoms with Crippen LogP contribution < -0.4 is 0 Å². The number of Topliss-reactive ketones (excluding diaryl/α,β-unsaturated/α-hetero) is 1. The highest BCUT2D eigenvalue weighted by Crippen LogP contribution is 2.37. The van der Waals surface area contributed by atoms with Gasteiger partial charge in [-0.15, -0.1) is 0 Å². The van der Waals surface area contributed by atoms with Crippen molar-refractivity contribution >= 4 is 18.0 Å². The zero-order valence-electron chi connectivity index (χ0n) is 22.7. The van der Waals surface area contributed by atoms with Crippen LogP contribution in [0.15, 0.2) is 30.3 Å². The van der Waals surface area contributed by atoms with E-state index in [0.717, 1.165) is 22.6 Å². The SMILES string of the molecule is COC(=O)N(C(=O)OC(C)(C)C)[C@@H]1CC[C@H](c2ccc(C(=O)CCCc3ccc(C(C)C)cc3F)[nH]2)C1. The zero-order valence-corrected chi connectivity index (χ0v) is 22.7. The molecule has 1 saturated carbocycles. The van der Waals surface area contributed by atoms with Crippen molar-refractivity contribution in [3.05, 3.63) is 58.7 Å². The predicted molar refractivity (Wildman–Crippen MR) is 139 cm³/mol. The topological polar surface area (TPSA) is 88.7 Å². The third kappa shape index (κ3) is 7.43. The number of carbonyl (C=O) groups excluding carboxylic acids is 3. The summed E-state index contributed by atoms with van der Waals surface area (Å²) in [5.41, 5.74) is 2.27. The molecule has 1 aromatic carbocycles. The molecule has 8 heteroatoms. The van der Waals surface area contributed by atoms with Crippen molar-refractivity contribution < 1.29 is 28.2 Å². The van der Waals surface area contributed by atoms with E-state index in [1.54, 1.807) is 32.9 Å². The second-order valence-electron chi connectivity index (χ2n) is 11.1. The molecule has 0 saturated heterocycles. The van der Waals surface area contributed by atoms with Crippen molar-refractivity contribution in [2.45, 2.75) is 96.6 Å². The number of amides is 2. The minimum absolute atomic E-state index is 0.0232. The monoisotopic (exact) mass is 514 g/mol. The highest BCUT2D eigenvalue weighted by atomic mass is 19.1. The number of nitrogens with one attached hydrogen (secondary N) is 1. The molecule has 1 aliphatic carbocycles. The molecule has 1 N–H and O–H groups in total. The first-order valence-corrected chi connectivity index (χ1v) is 13.0. The number of nitrogens with zero attached hydrogens (tertiary/aromatic N) is 1. The van der Waals surface area contributed by atoms with Gasteiger partial charge >= 0.3 is 12.2 Å². The molecule has 1 heterocycles. The fourth-order valence-electron chi connectivity index (χ4n) is 4.77. The average Bonchev–Trinajstić information content (AvgIpc) is 3.49. The van der Waals surface area contributed by atoms with E-state index in [1.165, 1.54) is 7.11 Å². The second kappa shape index (κ2) is 11.9. The van der Waals surface area contributed by atoms with Gasteiger partial charge in [0.15, 0.2) is 5.78 Å². The highest BCUT2D eigenvalue weighted by molar-refractivity contribution is 5.94. The summed E-state index contributed by atoms with van der Waals surface area (Å²) in [5.74, 6) is 0.0897. The molecular formula is C29H39FN2O5. The van der Waals surface area contributed by atoms with Crippen LogP contribution in [0.2, 0.25) is 0 Å². The second-order valence-corrected chi connectivity index (χ2v) is 11.1. The van der Waals surface area contributed by atoms with Gasteiger partial charge in [-0.2, -0.15) is 0 Å². The standard InChI is InChI=1S/C29H39FN2O5/c1-18(2)20-11-10-19(23(30)17-20)8-7-9-26(33)25-15-14-24(31-25)21-12-13-22(16-21)32(27(34)36-6)28(35)37-29(3,4)5/h10-11,14-15,17-18,21-22,31H,7-9,12-13,16H2,1-6H3/t21-,22+/m0/s1. The Morgan fingerprint density at radius 3 is 2.46 bits per heavy atom. The van der Waals surface area contributed by atoms with Gasteiger partial charge in [0.1, 0.15) is 11.4 Å². The summed E-state index contributed by atoms with van der Waals surface area (Å²) >= 11 is 0. The van der Waals surface area contributed by atoms with Gasteiger partial charge in [0, 0.05) is 24.1 Å². The number of methoxy groups -OCH3 is 1. The molecule has 202 valence electrons. The summed E-state index contributed by atoms with van der Waals surface area (Å²) in [7, 11) is 1.24. The Bertz CT molecular complexity index is 1120. The molecule has 2 atom stereocenters. The maximum atomic E-state index is 14.4. The average molecular weight is 515 g/mol. The van der Waals surface area contributed by atoms with Crippen molar-refractivity contribution in [1.82, 2.24) is 9.88 Å². The molecule has 0 unspecified atom stereocenters. The number of ketones is 1. The first-order valence-electron chi connectivity index (χ1n) is 13.0. The van der Waals surface area contributed by atoms with Crippen LogP contribution in [0, 0.1) is 5.82 Å². The fourth-order valence-corrected chi connectivity index (χ4v) is 4.77. The van der Waals surface area contributed by atoms with E-state index < -0.39 is 17.8 Å². The Balaban J connectivity index is 1.57. The van der Waals surface area contributed by atoms with Crippen LogP contribution in [0.25, 0.3) is 0 Å². The number of hydrogen-bond acceptors (Lipinski definition) is 5. The Morgan fingerprint density at radius 1 is 1.11 bits per heavy atom. The normalized spacial score (nSPS) is 17.6. The number of rotatable bonds is 8. The molecule has 2 aromatic rings. The number of ether oxygens (including phenoxy) is 2. The molecule has 3 rings (SSSR count). The molecule has 0 aliphatic heterocycles. The minimum atomic E-state index is -0.738.